The minimum Gasteiger partial charge on any atom is -0.325 e. The standard InChI is InChI=1S/C14H14ClN3O/c1-8-7-9(15)5-6-11(8)16-14-17-12-4-2-3-10(12)13(19)18-14/h5-7H,2-4H2,1H3,(H2,16,17,18,19). The molecule has 1 aliphatic carbocycles. The van der Waals surface area contributed by atoms with Crippen molar-refractivity contribution in [2.24, 2.45) is 0 Å². The van der Waals surface area contributed by atoms with Crippen molar-refractivity contribution >= 4 is 23.2 Å². The van der Waals surface area contributed by atoms with E-state index in [1.807, 2.05) is 25.1 Å². The first-order valence-corrected chi connectivity index (χ1v) is 6.66. The van der Waals surface area contributed by atoms with Crippen molar-refractivity contribution in [2.75, 3.05) is 5.32 Å². The second-order valence-electron chi connectivity index (χ2n) is 4.78. The number of aryl methyl sites for hydroxylation is 2. The lowest BCUT2D eigenvalue weighted by molar-refractivity contribution is 0.899. The Morgan fingerprint density at radius 1 is 1.37 bits per heavy atom. The van der Waals surface area contributed by atoms with Gasteiger partial charge in [-0.1, -0.05) is 11.6 Å². The largest absolute Gasteiger partial charge is 0.325 e. The zero-order chi connectivity index (χ0) is 13.4. The summed E-state index contributed by atoms with van der Waals surface area (Å²) in [4.78, 5) is 19.2. The van der Waals surface area contributed by atoms with Crippen LogP contribution in [0.25, 0.3) is 0 Å². The summed E-state index contributed by atoms with van der Waals surface area (Å²) in [5.41, 5.74) is 3.62. The maximum absolute atomic E-state index is 11.9. The maximum atomic E-state index is 11.9. The van der Waals surface area contributed by atoms with Gasteiger partial charge in [0.1, 0.15) is 0 Å². The summed E-state index contributed by atoms with van der Waals surface area (Å²) in [6.07, 6.45) is 2.72. The van der Waals surface area contributed by atoms with Crippen LogP contribution in [0, 0.1) is 6.92 Å². The van der Waals surface area contributed by atoms with Crippen LogP contribution in [0.5, 0.6) is 0 Å². The summed E-state index contributed by atoms with van der Waals surface area (Å²) < 4.78 is 0. The van der Waals surface area contributed by atoms with Crippen LogP contribution in [0.2, 0.25) is 5.02 Å². The summed E-state index contributed by atoms with van der Waals surface area (Å²) in [6, 6.07) is 5.56. The summed E-state index contributed by atoms with van der Waals surface area (Å²) in [5, 5.41) is 3.84. The Hall–Kier alpha value is -1.81. The van der Waals surface area contributed by atoms with E-state index in [0.717, 1.165) is 41.8 Å². The van der Waals surface area contributed by atoms with Gasteiger partial charge in [0, 0.05) is 16.3 Å². The number of benzene rings is 1. The van der Waals surface area contributed by atoms with Gasteiger partial charge in [-0.3, -0.25) is 9.78 Å². The molecule has 0 radical (unpaired) electrons. The molecule has 2 aromatic rings. The fraction of sp³-hybridized carbons (Fsp3) is 0.286. The van der Waals surface area contributed by atoms with Gasteiger partial charge < -0.3 is 5.32 Å². The fourth-order valence-electron chi connectivity index (χ4n) is 2.40. The molecule has 1 aromatic carbocycles. The first kappa shape index (κ1) is 12.2. The molecule has 0 unspecified atom stereocenters. The molecule has 0 atom stereocenters. The number of anilines is 2. The fourth-order valence-corrected chi connectivity index (χ4v) is 2.62. The first-order valence-electron chi connectivity index (χ1n) is 6.29. The van der Waals surface area contributed by atoms with Gasteiger partial charge in [-0.05, 0) is 49.9 Å². The number of aromatic amines is 1. The molecule has 0 fully saturated rings. The molecule has 1 heterocycles. The number of nitrogens with one attached hydrogen (secondary N) is 2. The van der Waals surface area contributed by atoms with Crippen LogP contribution in [-0.2, 0) is 12.8 Å². The van der Waals surface area contributed by atoms with Gasteiger partial charge >= 0.3 is 0 Å². The van der Waals surface area contributed by atoms with E-state index in [1.165, 1.54) is 0 Å². The normalized spacial score (nSPS) is 13.4. The number of hydrogen-bond donors (Lipinski definition) is 2. The molecule has 0 amide bonds. The maximum Gasteiger partial charge on any atom is 0.255 e. The molecule has 4 nitrogen and oxygen atoms in total. The second-order valence-corrected chi connectivity index (χ2v) is 5.21. The van der Waals surface area contributed by atoms with E-state index in [-0.39, 0.29) is 5.56 Å². The quantitative estimate of drug-likeness (QED) is 0.886. The summed E-state index contributed by atoms with van der Waals surface area (Å²) in [7, 11) is 0. The molecule has 1 aromatic heterocycles. The Labute approximate surface area is 115 Å². The average Bonchev–Trinajstić information content (AvgIpc) is 2.81. The number of halogens is 1. The van der Waals surface area contributed by atoms with Gasteiger partial charge in [0.15, 0.2) is 0 Å². The van der Waals surface area contributed by atoms with Crippen molar-refractivity contribution in [2.45, 2.75) is 26.2 Å². The third-order valence-electron chi connectivity index (χ3n) is 3.38. The van der Waals surface area contributed by atoms with Crippen LogP contribution in [0.1, 0.15) is 23.2 Å². The molecule has 0 bridgehead atoms. The molecule has 0 saturated heterocycles. The third kappa shape index (κ3) is 2.36. The van der Waals surface area contributed by atoms with E-state index >= 15 is 0 Å². The minimum absolute atomic E-state index is 0.0309. The molecule has 5 heteroatoms. The van der Waals surface area contributed by atoms with Crippen molar-refractivity contribution in [1.29, 1.82) is 0 Å². The van der Waals surface area contributed by atoms with Crippen LogP contribution in [-0.4, -0.2) is 9.97 Å². The van der Waals surface area contributed by atoms with Gasteiger partial charge in [-0.2, -0.15) is 0 Å². The minimum atomic E-state index is -0.0309. The smallest absolute Gasteiger partial charge is 0.255 e. The molecular formula is C14H14ClN3O. The number of aromatic nitrogens is 2. The predicted molar refractivity (Wildman–Crippen MR) is 76.4 cm³/mol. The monoisotopic (exact) mass is 275 g/mol. The Morgan fingerprint density at radius 2 is 2.21 bits per heavy atom. The van der Waals surface area contributed by atoms with Crippen LogP contribution >= 0.6 is 11.6 Å². The van der Waals surface area contributed by atoms with Crippen molar-refractivity contribution in [1.82, 2.24) is 9.97 Å². The van der Waals surface area contributed by atoms with Gasteiger partial charge in [0.05, 0.1) is 5.69 Å². The number of rotatable bonds is 2. The molecule has 2 N–H and O–H groups in total. The summed E-state index contributed by atoms with van der Waals surface area (Å²) in [6.45, 7) is 1.96. The Balaban J connectivity index is 1.96. The van der Waals surface area contributed by atoms with Gasteiger partial charge in [0.2, 0.25) is 5.95 Å². The average molecular weight is 276 g/mol. The predicted octanol–water partition coefficient (Wildman–Crippen LogP) is 2.96. The van der Waals surface area contributed by atoms with E-state index in [4.69, 9.17) is 11.6 Å². The second kappa shape index (κ2) is 4.70. The van der Waals surface area contributed by atoms with Crippen molar-refractivity contribution in [3.05, 3.63) is 50.4 Å². The van der Waals surface area contributed by atoms with Crippen molar-refractivity contribution in [3.8, 4) is 0 Å². The lowest BCUT2D eigenvalue weighted by Gasteiger charge is -2.09. The van der Waals surface area contributed by atoms with E-state index in [9.17, 15) is 4.79 Å². The molecule has 0 spiro atoms. The Kier molecular flexibility index (Phi) is 3.03. The van der Waals surface area contributed by atoms with Crippen LogP contribution in [0.4, 0.5) is 11.6 Å². The number of fused-ring (bicyclic) bond motifs is 1. The number of hydrogen-bond acceptors (Lipinski definition) is 3. The van der Waals surface area contributed by atoms with Crippen molar-refractivity contribution < 1.29 is 0 Å². The molecule has 19 heavy (non-hydrogen) atoms. The topological polar surface area (TPSA) is 57.8 Å². The molecule has 1 aliphatic rings. The zero-order valence-corrected chi connectivity index (χ0v) is 11.3. The molecule has 0 aliphatic heterocycles. The highest BCUT2D eigenvalue weighted by Gasteiger charge is 2.17. The Bertz CT molecular complexity index is 694. The highest BCUT2D eigenvalue weighted by atomic mass is 35.5. The lowest BCUT2D eigenvalue weighted by atomic mass is 10.2. The van der Waals surface area contributed by atoms with E-state index in [2.05, 4.69) is 15.3 Å². The first-order chi connectivity index (χ1) is 9.13. The number of H-pyrrole nitrogens is 1. The molecular weight excluding hydrogens is 262 g/mol. The van der Waals surface area contributed by atoms with Gasteiger partial charge in [-0.15, -0.1) is 0 Å². The zero-order valence-electron chi connectivity index (χ0n) is 10.6. The highest BCUT2D eigenvalue weighted by molar-refractivity contribution is 6.30. The lowest BCUT2D eigenvalue weighted by Crippen LogP contribution is -2.16. The van der Waals surface area contributed by atoms with E-state index in [1.54, 1.807) is 0 Å². The molecule has 0 saturated carbocycles. The summed E-state index contributed by atoms with van der Waals surface area (Å²) >= 11 is 5.92. The van der Waals surface area contributed by atoms with E-state index < -0.39 is 0 Å². The molecule has 98 valence electrons. The Morgan fingerprint density at radius 3 is 3.00 bits per heavy atom. The van der Waals surface area contributed by atoms with Crippen molar-refractivity contribution in [3.63, 3.8) is 0 Å². The van der Waals surface area contributed by atoms with Crippen LogP contribution in [0.15, 0.2) is 23.0 Å². The number of nitrogens with zero attached hydrogens (tertiary/aromatic N) is 1. The highest BCUT2D eigenvalue weighted by Crippen LogP contribution is 2.23. The molecule has 3 rings (SSSR count). The summed E-state index contributed by atoms with van der Waals surface area (Å²) in [5.74, 6) is 0.496. The van der Waals surface area contributed by atoms with E-state index in [0.29, 0.717) is 11.0 Å². The SMILES string of the molecule is Cc1cc(Cl)ccc1Nc1nc2c(c(=O)[nH]1)CCC2. The third-order valence-corrected chi connectivity index (χ3v) is 3.62. The van der Waals surface area contributed by atoms with Gasteiger partial charge in [-0.25, -0.2) is 4.98 Å². The van der Waals surface area contributed by atoms with Crippen LogP contribution in [0.3, 0.4) is 0 Å². The van der Waals surface area contributed by atoms with Gasteiger partial charge in [0.25, 0.3) is 5.56 Å². The van der Waals surface area contributed by atoms with Crippen LogP contribution < -0.4 is 10.9 Å².